The van der Waals surface area contributed by atoms with Crippen LogP contribution in [0.25, 0.3) is 11.3 Å². The fourth-order valence-corrected chi connectivity index (χ4v) is 4.41. The molecule has 1 aromatic heterocycles. The third kappa shape index (κ3) is 5.97. The van der Waals surface area contributed by atoms with Gasteiger partial charge in [-0.2, -0.15) is 0 Å². The van der Waals surface area contributed by atoms with Gasteiger partial charge in [0, 0.05) is 32.2 Å². The molecular weight excluding hydrogens is 489 g/mol. The summed E-state index contributed by atoms with van der Waals surface area (Å²) in [7, 11) is 1.85. The summed E-state index contributed by atoms with van der Waals surface area (Å²) >= 11 is 0. The Labute approximate surface area is 197 Å². The summed E-state index contributed by atoms with van der Waals surface area (Å²) in [5.74, 6) is 3.17. The van der Waals surface area contributed by atoms with E-state index in [0.29, 0.717) is 12.4 Å². The molecule has 1 N–H and O–H groups in total. The van der Waals surface area contributed by atoms with E-state index in [4.69, 9.17) is 4.42 Å². The first-order valence-electron chi connectivity index (χ1n) is 10.9. The third-order valence-electron chi connectivity index (χ3n) is 6.05. The van der Waals surface area contributed by atoms with E-state index in [1.54, 1.807) is 6.20 Å². The summed E-state index contributed by atoms with van der Waals surface area (Å²) in [6.45, 7) is 8.56. The van der Waals surface area contributed by atoms with E-state index in [0.717, 1.165) is 36.3 Å². The van der Waals surface area contributed by atoms with E-state index >= 15 is 0 Å². The van der Waals surface area contributed by atoms with Gasteiger partial charge >= 0.3 is 0 Å². The summed E-state index contributed by atoms with van der Waals surface area (Å²) in [5, 5.41) is 3.43. The van der Waals surface area contributed by atoms with E-state index < -0.39 is 0 Å². The van der Waals surface area contributed by atoms with Crippen LogP contribution in [0.3, 0.4) is 0 Å². The van der Waals surface area contributed by atoms with Crippen LogP contribution in [0.4, 0.5) is 0 Å². The second kappa shape index (κ2) is 11.1. The number of hydrogen-bond acceptors (Lipinski definition) is 4. The monoisotopic (exact) mass is 523 g/mol. The molecule has 0 radical (unpaired) electrons. The first-order valence-corrected chi connectivity index (χ1v) is 10.9. The van der Waals surface area contributed by atoms with Gasteiger partial charge in [-0.25, -0.2) is 4.98 Å². The standard InChI is InChI=1S/C23H33N5O.HI/c1-18-6-8-20(9-7-18)21-14-25-22(29-21)15-26-23(24-2)28-13-10-19(17-28)16-27-11-4-3-5-12-27;/h6-9,14,19H,3-5,10-13,15-17H2,1-2H3,(H,24,26);1H. The molecule has 2 aromatic rings. The maximum Gasteiger partial charge on any atom is 0.214 e. The average molecular weight is 523 g/mol. The Morgan fingerprint density at radius 2 is 1.93 bits per heavy atom. The number of aliphatic imine (C=N–C) groups is 1. The smallest absolute Gasteiger partial charge is 0.214 e. The molecule has 164 valence electrons. The molecule has 1 aromatic carbocycles. The van der Waals surface area contributed by atoms with Gasteiger partial charge in [-0.1, -0.05) is 36.2 Å². The number of nitrogens with one attached hydrogen (secondary N) is 1. The molecule has 7 heteroatoms. The molecule has 1 unspecified atom stereocenters. The third-order valence-corrected chi connectivity index (χ3v) is 6.05. The molecule has 1 atom stereocenters. The van der Waals surface area contributed by atoms with Gasteiger partial charge in [0.25, 0.3) is 0 Å². The van der Waals surface area contributed by atoms with Gasteiger partial charge in [0.15, 0.2) is 11.7 Å². The molecule has 0 aliphatic carbocycles. The van der Waals surface area contributed by atoms with Crippen LogP contribution in [-0.2, 0) is 6.54 Å². The van der Waals surface area contributed by atoms with Gasteiger partial charge in [0.2, 0.25) is 5.89 Å². The predicted octanol–water partition coefficient (Wildman–Crippen LogP) is 4.15. The number of halogens is 1. The first-order chi connectivity index (χ1) is 14.2. The SMILES string of the molecule is CN=C(NCc1ncc(-c2ccc(C)cc2)o1)N1CCC(CN2CCCCC2)C1.I. The zero-order chi connectivity index (χ0) is 20.1. The highest BCUT2D eigenvalue weighted by atomic mass is 127. The molecule has 0 spiro atoms. The molecule has 30 heavy (non-hydrogen) atoms. The van der Waals surface area contributed by atoms with Crippen molar-refractivity contribution >= 4 is 29.9 Å². The van der Waals surface area contributed by atoms with Gasteiger partial charge in [0.05, 0.1) is 12.7 Å². The largest absolute Gasteiger partial charge is 0.439 e. The number of aromatic nitrogens is 1. The van der Waals surface area contributed by atoms with E-state index in [9.17, 15) is 0 Å². The van der Waals surface area contributed by atoms with E-state index in [-0.39, 0.29) is 24.0 Å². The van der Waals surface area contributed by atoms with Crippen LogP contribution in [0.15, 0.2) is 39.9 Å². The van der Waals surface area contributed by atoms with Crippen molar-refractivity contribution in [3.05, 3.63) is 41.9 Å². The minimum absolute atomic E-state index is 0. The zero-order valence-corrected chi connectivity index (χ0v) is 20.5. The Hall–Kier alpha value is -1.61. The molecule has 2 fully saturated rings. The number of piperidine rings is 1. The van der Waals surface area contributed by atoms with Gasteiger partial charge in [-0.15, -0.1) is 24.0 Å². The highest BCUT2D eigenvalue weighted by molar-refractivity contribution is 14.0. The van der Waals surface area contributed by atoms with Crippen LogP contribution < -0.4 is 5.32 Å². The lowest BCUT2D eigenvalue weighted by molar-refractivity contribution is 0.198. The maximum absolute atomic E-state index is 5.93. The summed E-state index contributed by atoms with van der Waals surface area (Å²) in [4.78, 5) is 13.9. The normalized spacial score (nSPS) is 20.3. The lowest BCUT2D eigenvalue weighted by Gasteiger charge is -2.29. The minimum atomic E-state index is 0. The van der Waals surface area contributed by atoms with Gasteiger partial charge in [-0.3, -0.25) is 4.99 Å². The molecule has 0 saturated carbocycles. The quantitative estimate of drug-likeness (QED) is 0.363. The maximum atomic E-state index is 5.93. The lowest BCUT2D eigenvalue weighted by atomic mass is 10.1. The fraction of sp³-hybridized carbons (Fsp3) is 0.565. The number of hydrogen-bond donors (Lipinski definition) is 1. The van der Waals surface area contributed by atoms with Crippen LogP contribution in [0.5, 0.6) is 0 Å². The Morgan fingerprint density at radius 3 is 2.67 bits per heavy atom. The topological polar surface area (TPSA) is 56.9 Å². The van der Waals surface area contributed by atoms with Crippen LogP contribution in [0, 0.1) is 12.8 Å². The van der Waals surface area contributed by atoms with Crippen LogP contribution in [0.1, 0.15) is 37.1 Å². The minimum Gasteiger partial charge on any atom is -0.439 e. The number of oxazole rings is 1. The number of nitrogens with zero attached hydrogens (tertiary/aromatic N) is 4. The second-order valence-electron chi connectivity index (χ2n) is 8.35. The first kappa shape index (κ1) is 23.1. The predicted molar refractivity (Wildman–Crippen MR) is 132 cm³/mol. The van der Waals surface area contributed by atoms with Crippen molar-refractivity contribution in [2.24, 2.45) is 10.9 Å². The summed E-state index contributed by atoms with van der Waals surface area (Å²) < 4.78 is 5.93. The van der Waals surface area contributed by atoms with Gasteiger partial charge < -0.3 is 19.5 Å². The number of rotatable bonds is 5. The molecule has 2 saturated heterocycles. The highest BCUT2D eigenvalue weighted by Gasteiger charge is 2.27. The molecule has 0 amide bonds. The van der Waals surface area contributed by atoms with Crippen molar-refractivity contribution in [2.45, 2.75) is 39.2 Å². The number of aryl methyl sites for hydroxylation is 1. The molecule has 2 aliphatic heterocycles. The summed E-state index contributed by atoms with van der Waals surface area (Å²) in [6.07, 6.45) is 7.17. The van der Waals surface area contributed by atoms with Crippen molar-refractivity contribution in [1.29, 1.82) is 0 Å². The molecule has 6 nitrogen and oxygen atoms in total. The van der Waals surface area contributed by atoms with E-state index in [2.05, 4.69) is 56.3 Å². The Kier molecular flexibility index (Phi) is 8.56. The summed E-state index contributed by atoms with van der Waals surface area (Å²) in [5.41, 5.74) is 2.29. The fourth-order valence-electron chi connectivity index (χ4n) is 4.41. The number of guanidine groups is 1. The number of benzene rings is 1. The Bertz CT molecular complexity index is 813. The Morgan fingerprint density at radius 1 is 1.17 bits per heavy atom. The molecule has 0 bridgehead atoms. The van der Waals surface area contributed by atoms with Gasteiger partial charge in [-0.05, 0) is 45.2 Å². The van der Waals surface area contributed by atoms with Crippen molar-refractivity contribution in [3.8, 4) is 11.3 Å². The van der Waals surface area contributed by atoms with Crippen molar-refractivity contribution < 1.29 is 4.42 Å². The van der Waals surface area contributed by atoms with Crippen LogP contribution >= 0.6 is 24.0 Å². The molecule has 2 aliphatic rings. The molecular formula is C23H34IN5O. The Balaban J connectivity index is 0.00000256. The van der Waals surface area contributed by atoms with Crippen molar-refractivity contribution in [3.63, 3.8) is 0 Å². The average Bonchev–Trinajstić information content (AvgIpc) is 3.40. The van der Waals surface area contributed by atoms with Crippen LogP contribution in [0.2, 0.25) is 0 Å². The summed E-state index contributed by atoms with van der Waals surface area (Å²) in [6, 6.07) is 8.31. The van der Waals surface area contributed by atoms with Crippen LogP contribution in [-0.4, -0.2) is 60.5 Å². The van der Waals surface area contributed by atoms with E-state index in [1.165, 1.54) is 50.9 Å². The second-order valence-corrected chi connectivity index (χ2v) is 8.35. The van der Waals surface area contributed by atoms with Gasteiger partial charge in [0.1, 0.15) is 0 Å². The molecule has 4 rings (SSSR count). The zero-order valence-electron chi connectivity index (χ0n) is 18.1. The highest BCUT2D eigenvalue weighted by Crippen LogP contribution is 2.22. The van der Waals surface area contributed by atoms with Crippen molar-refractivity contribution in [2.75, 3.05) is 39.8 Å². The number of likely N-dealkylation sites (tertiary alicyclic amines) is 2. The lowest BCUT2D eigenvalue weighted by Crippen LogP contribution is -2.41. The van der Waals surface area contributed by atoms with E-state index in [1.807, 2.05) is 7.05 Å². The molecule has 3 heterocycles. The van der Waals surface area contributed by atoms with Crippen molar-refractivity contribution in [1.82, 2.24) is 20.1 Å².